The number of methoxy groups -OCH3 is 1. The molecule has 4 nitrogen and oxygen atoms in total. The maximum atomic E-state index is 12.1. The Bertz CT molecular complexity index is 438. The molecule has 0 spiro atoms. The normalized spacial score (nSPS) is 12.7. The molecule has 0 saturated heterocycles. The summed E-state index contributed by atoms with van der Waals surface area (Å²) in [6, 6.07) is 6.04. The van der Waals surface area contributed by atoms with Gasteiger partial charge in [0.05, 0.1) is 6.61 Å². The van der Waals surface area contributed by atoms with Crippen LogP contribution in [0.25, 0.3) is 0 Å². The lowest BCUT2D eigenvalue weighted by Crippen LogP contribution is -2.33. The number of rotatable bonds is 7. The lowest BCUT2D eigenvalue weighted by Gasteiger charge is -2.10. The van der Waals surface area contributed by atoms with E-state index in [2.05, 4.69) is 16.7 Å². The Morgan fingerprint density at radius 1 is 1.25 bits per heavy atom. The SMILES string of the molecule is COCCNCCNC(=O)c1cccc2c1CCC2.Cl. The fourth-order valence-corrected chi connectivity index (χ4v) is 2.49. The molecule has 1 amide bonds. The Morgan fingerprint density at radius 3 is 2.90 bits per heavy atom. The highest BCUT2D eigenvalue weighted by Gasteiger charge is 2.18. The Balaban J connectivity index is 0.00000200. The van der Waals surface area contributed by atoms with Gasteiger partial charge in [-0.15, -0.1) is 12.4 Å². The van der Waals surface area contributed by atoms with Crippen molar-refractivity contribution in [2.45, 2.75) is 19.3 Å². The minimum absolute atomic E-state index is 0. The van der Waals surface area contributed by atoms with Gasteiger partial charge >= 0.3 is 0 Å². The molecule has 112 valence electrons. The van der Waals surface area contributed by atoms with Crippen LogP contribution in [0.3, 0.4) is 0 Å². The minimum Gasteiger partial charge on any atom is -0.383 e. The number of hydrogen-bond acceptors (Lipinski definition) is 3. The van der Waals surface area contributed by atoms with Gasteiger partial charge < -0.3 is 15.4 Å². The van der Waals surface area contributed by atoms with Gasteiger partial charge in [-0.2, -0.15) is 0 Å². The second-order valence-corrected chi connectivity index (χ2v) is 4.80. The van der Waals surface area contributed by atoms with E-state index in [1.54, 1.807) is 7.11 Å². The van der Waals surface area contributed by atoms with E-state index in [1.807, 2.05) is 12.1 Å². The summed E-state index contributed by atoms with van der Waals surface area (Å²) in [5.74, 6) is 0.0484. The van der Waals surface area contributed by atoms with Gasteiger partial charge in [0.2, 0.25) is 0 Å². The second kappa shape index (κ2) is 8.95. The molecule has 0 atom stereocenters. The number of hydrogen-bond donors (Lipinski definition) is 2. The molecule has 5 heteroatoms. The van der Waals surface area contributed by atoms with Crippen molar-refractivity contribution in [3.63, 3.8) is 0 Å². The first-order valence-corrected chi connectivity index (χ1v) is 6.91. The molecule has 0 fully saturated rings. The third-order valence-corrected chi connectivity index (χ3v) is 3.46. The van der Waals surface area contributed by atoms with Gasteiger partial charge in [-0.05, 0) is 36.5 Å². The minimum atomic E-state index is 0. The molecule has 0 aliphatic heterocycles. The van der Waals surface area contributed by atoms with Crippen molar-refractivity contribution in [2.24, 2.45) is 0 Å². The van der Waals surface area contributed by atoms with Crippen molar-refractivity contribution in [3.8, 4) is 0 Å². The van der Waals surface area contributed by atoms with Gasteiger partial charge in [0, 0.05) is 32.3 Å². The van der Waals surface area contributed by atoms with Crippen LogP contribution in [0.15, 0.2) is 18.2 Å². The summed E-state index contributed by atoms with van der Waals surface area (Å²) < 4.78 is 4.94. The molecule has 1 aromatic carbocycles. The fourth-order valence-electron chi connectivity index (χ4n) is 2.49. The molecule has 2 N–H and O–H groups in total. The predicted octanol–water partition coefficient (Wildman–Crippen LogP) is 1.56. The third kappa shape index (κ3) is 4.47. The van der Waals surface area contributed by atoms with Crippen molar-refractivity contribution in [2.75, 3.05) is 33.4 Å². The summed E-state index contributed by atoms with van der Waals surface area (Å²) in [7, 11) is 1.68. The summed E-state index contributed by atoms with van der Waals surface area (Å²) >= 11 is 0. The van der Waals surface area contributed by atoms with Gasteiger partial charge in [0.25, 0.3) is 5.91 Å². The summed E-state index contributed by atoms with van der Waals surface area (Å²) in [5.41, 5.74) is 3.44. The van der Waals surface area contributed by atoms with Crippen LogP contribution >= 0.6 is 12.4 Å². The molecule has 0 unspecified atom stereocenters. The topological polar surface area (TPSA) is 50.4 Å². The van der Waals surface area contributed by atoms with Crippen molar-refractivity contribution in [3.05, 3.63) is 34.9 Å². The maximum absolute atomic E-state index is 12.1. The molecular formula is C15H23ClN2O2. The molecule has 0 saturated carbocycles. The molecule has 1 aliphatic carbocycles. The van der Waals surface area contributed by atoms with Crippen LogP contribution in [-0.2, 0) is 17.6 Å². The summed E-state index contributed by atoms with van der Waals surface area (Å²) in [6.45, 7) is 2.92. The monoisotopic (exact) mass is 298 g/mol. The zero-order valence-electron chi connectivity index (χ0n) is 11.9. The lowest BCUT2D eigenvalue weighted by molar-refractivity contribution is 0.0953. The highest BCUT2D eigenvalue weighted by atomic mass is 35.5. The third-order valence-electron chi connectivity index (χ3n) is 3.46. The highest BCUT2D eigenvalue weighted by Crippen LogP contribution is 2.24. The summed E-state index contributed by atoms with van der Waals surface area (Å²) in [5, 5.41) is 6.17. The number of fused-ring (bicyclic) bond motifs is 1. The van der Waals surface area contributed by atoms with E-state index in [-0.39, 0.29) is 18.3 Å². The van der Waals surface area contributed by atoms with Crippen molar-refractivity contribution in [1.29, 1.82) is 0 Å². The van der Waals surface area contributed by atoms with E-state index in [4.69, 9.17) is 4.74 Å². The van der Waals surface area contributed by atoms with Gasteiger partial charge in [0.15, 0.2) is 0 Å². The van der Waals surface area contributed by atoms with Crippen LogP contribution < -0.4 is 10.6 Å². The summed E-state index contributed by atoms with van der Waals surface area (Å²) in [4.78, 5) is 12.1. The van der Waals surface area contributed by atoms with E-state index < -0.39 is 0 Å². The molecule has 20 heavy (non-hydrogen) atoms. The number of ether oxygens (including phenoxy) is 1. The molecular weight excluding hydrogens is 276 g/mol. The molecule has 1 aliphatic rings. The average Bonchev–Trinajstić information content (AvgIpc) is 2.90. The summed E-state index contributed by atoms with van der Waals surface area (Å²) in [6.07, 6.45) is 3.30. The molecule has 0 bridgehead atoms. The first-order valence-electron chi connectivity index (χ1n) is 6.91. The fraction of sp³-hybridized carbons (Fsp3) is 0.533. The molecule has 2 rings (SSSR count). The number of nitrogens with one attached hydrogen (secondary N) is 2. The van der Waals surface area contributed by atoms with E-state index >= 15 is 0 Å². The largest absolute Gasteiger partial charge is 0.383 e. The maximum Gasteiger partial charge on any atom is 0.251 e. The Kier molecular flexibility index (Phi) is 7.59. The van der Waals surface area contributed by atoms with Crippen LogP contribution in [0.5, 0.6) is 0 Å². The molecule has 0 aromatic heterocycles. The van der Waals surface area contributed by atoms with Crippen molar-refractivity contribution < 1.29 is 9.53 Å². The molecule has 0 heterocycles. The van der Waals surface area contributed by atoms with E-state index in [9.17, 15) is 4.79 Å². The standard InChI is InChI=1S/C15H22N2O2.ClH/c1-19-11-10-16-8-9-17-15(18)14-7-3-5-12-4-2-6-13(12)14;/h3,5,7,16H,2,4,6,8-11H2,1H3,(H,17,18);1H. The van der Waals surface area contributed by atoms with Crippen LogP contribution in [-0.4, -0.2) is 39.3 Å². The molecule has 0 radical (unpaired) electrons. The number of carbonyl (C=O) groups is 1. The van der Waals surface area contributed by atoms with E-state index in [0.29, 0.717) is 13.2 Å². The van der Waals surface area contributed by atoms with Crippen LogP contribution in [0, 0.1) is 0 Å². The second-order valence-electron chi connectivity index (χ2n) is 4.80. The first-order chi connectivity index (χ1) is 9.33. The average molecular weight is 299 g/mol. The lowest BCUT2D eigenvalue weighted by atomic mass is 10.0. The van der Waals surface area contributed by atoms with Crippen molar-refractivity contribution in [1.82, 2.24) is 10.6 Å². The van der Waals surface area contributed by atoms with Gasteiger partial charge in [-0.3, -0.25) is 4.79 Å². The zero-order chi connectivity index (χ0) is 13.5. The van der Waals surface area contributed by atoms with Gasteiger partial charge in [-0.25, -0.2) is 0 Å². The van der Waals surface area contributed by atoms with Crippen molar-refractivity contribution >= 4 is 18.3 Å². The first kappa shape index (κ1) is 17.0. The van der Waals surface area contributed by atoms with Crippen LogP contribution in [0.1, 0.15) is 27.9 Å². The Hall–Kier alpha value is -1.10. The molecule has 1 aromatic rings. The Labute approximate surface area is 126 Å². The highest BCUT2D eigenvalue weighted by molar-refractivity contribution is 5.96. The van der Waals surface area contributed by atoms with E-state index in [1.165, 1.54) is 11.1 Å². The number of halogens is 1. The number of carbonyl (C=O) groups excluding carboxylic acids is 1. The Morgan fingerprint density at radius 2 is 2.10 bits per heavy atom. The quantitative estimate of drug-likeness (QED) is 0.751. The van der Waals surface area contributed by atoms with Gasteiger partial charge in [-0.1, -0.05) is 12.1 Å². The van der Waals surface area contributed by atoms with Gasteiger partial charge in [0.1, 0.15) is 0 Å². The van der Waals surface area contributed by atoms with Crippen LogP contribution in [0.2, 0.25) is 0 Å². The predicted molar refractivity (Wildman–Crippen MR) is 82.8 cm³/mol. The number of amides is 1. The zero-order valence-corrected chi connectivity index (χ0v) is 12.7. The number of benzene rings is 1. The van der Waals surface area contributed by atoms with Crippen LogP contribution in [0.4, 0.5) is 0 Å². The smallest absolute Gasteiger partial charge is 0.251 e. The van der Waals surface area contributed by atoms with E-state index in [0.717, 1.165) is 37.9 Å². The number of aryl methyl sites for hydroxylation is 1.